The van der Waals surface area contributed by atoms with Crippen LogP contribution in [0.2, 0.25) is 0 Å². The number of carbonyl (C=O) groups excluding carboxylic acids is 2. The number of nitrogens with zero attached hydrogens (tertiary/aromatic N) is 2. The van der Waals surface area contributed by atoms with Crippen molar-refractivity contribution >= 4 is 38.5 Å². The van der Waals surface area contributed by atoms with E-state index in [1.165, 1.54) is 21.8 Å². The lowest BCUT2D eigenvalue weighted by Crippen LogP contribution is -2.30. The fraction of sp³-hybridized carbons (Fsp3) is 0.211. The first-order chi connectivity index (χ1) is 11.6. The highest BCUT2D eigenvalue weighted by Gasteiger charge is 2.40. The molecule has 4 nitrogen and oxygen atoms in total. The quantitative estimate of drug-likeness (QED) is 0.685. The maximum atomic E-state index is 12.7. The van der Waals surface area contributed by atoms with Crippen molar-refractivity contribution in [2.75, 3.05) is 4.90 Å². The fourth-order valence-corrected chi connectivity index (χ4v) is 4.01. The molecule has 2 amide bonds. The molecule has 0 spiro atoms. The second-order valence-electron chi connectivity index (χ2n) is 6.12. The van der Waals surface area contributed by atoms with Crippen molar-refractivity contribution in [1.29, 1.82) is 0 Å². The van der Waals surface area contributed by atoms with E-state index in [1.54, 1.807) is 0 Å². The third-order valence-corrected chi connectivity index (χ3v) is 5.34. The number of fused-ring (bicyclic) bond motifs is 1. The molecule has 1 atom stereocenters. The second kappa shape index (κ2) is 5.83. The van der Waals surface area contributed by atoms with Crippen LogP contribution in [0, 0.1) is 12.8 Å². The van der Waals surface area contributed by atoms with Crippen LogP contribution in [0.4, 0.5) is 5.13 Å². The molecule has 0 unspecified atom stereocenters. The molecule has 3 aromatic rings. The van der Waals surface area contributed by atoms with Crippen LogP contribution in [0.25, 0.3) is 10.2 Å². The Kier molecular flexibility index (Phi) is 3.65. The third kappa shape index (κ3) is 2.61. The molecule has 1 saturated heterocycles. The molecule has 0 radical (unpaired) electrons. The SMILES string of the molecule is Cc1ccc(C[C@H]2CC(=O)N(c3nc4ccccc4s3)C2=O)cc1. The van der Waals surface area contributed by atoms with Crippen molar-refractivity contribution < 1.29 is 9.59 Å². The molecule has 4 rings (SSSR count). The van der Waals surface area contributed by atoms with Crippen molar-refractivity contribution in [1.82, 2.24) is 4.98 Å². The van der Waals surface area contributed by atoms with Gasteiger partial charge in [-0.05, 0) is 31.0 Å². The van der Waals surface area contributed by atoms with Gasteiger partial charge in [-0.3, -0.25) is 9.59 Å². The minimum Gasteiger partial charge on any atom is -0.274 e. The fourth-order valence-electron chi connectivity index (χ4n) is 3.02. The summed E-state index contributed by atoms with van der Waals surface area (Å²) in [6.07, 6.45) is 0.842. The monoisotopic (exact) mass is 336 g/mol. The van der Waals surface area contributed by atoms with E-state index >= 15 is 0 Å². The number of thiazole rings is 1. The van der Waals surface area contributed by atoms with Gasteiger partial charge in [0.25, 0.3) is 0 Å². The van der Waals surface area contributed by atoms with E-state index in [-0.39, 0.29) is 24.2 Å². The third-order valence-electron chi connectivity index (χ3n) is 4.32. The summed E-state index contributed by atoms with van der Waals surface area (Å²) in [5, 5.41) is 0.484. The van der Waals surface area contributed by atoms with Crippen molar-refractivity contribution in [2.45, 2.75) is 19.8 Å². The van der Waals surface area contributed by atoms with Gasteiger partial charge in [0.15, 0.2) is 5.13 Å². The van der Waals surface area contributed by atoms with Crippen molar-refractivity contribution in [2.24, 2.45) is 5.92 Å². The van der Waals surface area contributed by atoms with Gasteiger partial charge >= 0.3 is 0 Å². The zero-order chi connectivity index (χ0) is 16.7. The number of rotatable bonds is 3. The number of imide groups is 1. The molecule has 1 aromatic heterocycles. The van der Waals surface area contributed by atoms with Crippen LogP contribution in [-0.2, 0) is 16.0 Å². The zero-order valence-electron chi connectivity index (χ0n) is 13.2. The molecule has 1 aliphatic rings. The molecule has 0 bridgehead atoms. The van der Waals surface area contributed by atoms with Gasteiger partial charge in [0.05, 0.1) is 16.1 Å². The normalized spacial score (nSPS) is 17.9. The number of aromatic nitrogens is 1. The van der Waals surface area contributed by atoms with E-state index < -0.39 is 0 Å². The number of para-hydroxylation sites is 1. The number of hydrogen-bond acceptors (Lipinski definition) is 4. The number of anilines is 1. The van der Waals surface area contributed by atoms with Gasteiger partial charge in [-0.25, -0.2) is 9.88 Å². The zero-order valence-corrected chi connectivity index (χ0v) is 14.0. The van der Waals surface area contributed by atoms with E-state index in [0.29, 0.717) is 11.6 Å². The summed E-state index contributed by atoms with van der Waals surface area (Å²) < 4.78 is 0.982. The maximum Gasteiger partial charge on any atom is 0.239 e. The van der Waals surface area contributed by atoms with E-state index in [4.69, 9.17) is 0 Å². The summed E-state index contributed by atoms with van der Waals surface area (Å²) in [5.74, 6) is -0.594. The van der Waals surface area contributed by atoms with Crippen LogP contribution >= 0.6 is 11.3 Å². The van der Waals surface area contributed by atoms with E-state index in [1.807, 2.05) is 55.5 Å². The summed E-state index contributed by atoms with van der Waals surface area (Å²) in [5.41, 5.74) is 3.08. The molecule has 2 aromatic carbocycles. The Labute approximate surface area is 143 Å². The number of carbonyl (C=O) groups is 2. The highest BCUT2D eigenvalue weighted by Crippen LogP contribution is 2.34. The van der Waals surface area contributed by atoms with Crippen LogP contribution in [0.1, 0.15) is 17.5 Å². The van der Waals surface area contributed by atoms with Gasteiger partial charge in [-0.2, -0.15) is 0 Å². The van der Waals surface area contributed by atoms with Gasteiger partial charge in [0.2, 0.25) is 11.8 Å². The summed E-state index contributed by atoms with van der Waals surface area (Å²) in [7, 11) is 0. The Hall–Kier alpha value is -2.53. The molecule has 120 valence electrons. The summed E-state index contributed by atoms with van der Waals surface area (Å²) in [6.45, 7) is 2.03. The maximum absolute atomic E-state index is 12.7. The van der Waals surface area contributed by atoms with Crippen LogP contribution in [0.5, 0.6) is 0 Å². The molecule has 0 aliphatic carbocycles. The van der Waals surface area contributed by atoms with Gasteiger partial charge < -0.3 is 0 Å². The number of aryl methyl sites for hydroxylation is 1. The van der Waals surface area contributed by atoms with Crippen molar-refractivity contribution in [3.63, 3.8) is 0 Å². The average Bonchev–Trinajstić information content (AvgIpc) is 3.10. The Balaban J connectivity index is 1.60. The molecule has 0 saturated carbocycles. The molecule has 0 N–H and O–H groups in total. The predicted octanol–water partition coefficient (Wildman–Crippen LogP) is 3.73. The van der Waals surface area contributed by atoms with Crippen LogP contribution in [0.3, 0.4) is 0 Å². The summed E-state index contributed by atoms with van der Waals surface area (Å²) >= 11 is 1.39. The number of amides is 2. The van der Waals surface area contributed by atoms with Crippen molar-refractivity contribution in [3.05, 3.63) is 59.7 Å². The summed E-state index contributed by atoms with van der Waals surface area (Å²) in [6, 6.07) is 15.8. The lowest BCUT2D eigenvalue weighted by atomic mass is 9.97. The van der Waals surface area contributed by atoms with Gasteiger partial charge in [-0.15, -0.1) is 0 Å². The summed E-state index contributed by atoms with van der Waals surface area (Å²) in [4.78, 5) is 30.8. The molecular weight excluding hydrogens is 320 g/mol. The predicted molar refractivity (Wildman–Crippen MR) is 95.1 cm³/mol. The Bertz CT molecular complexity index is 897. The Morgan fingerprint density at radius 3 is 2.62 bits per heavy atom. The van der Waals surface area contributed by atoms with Gasteiger partial charge in [0, 0.05) is 6.42 Å². The van der Waals surface area contributed by atoms with Crippen LogP contribution in [-0.4, -0.2) is 16.8 Å². The first kappa shape index (κ1) is 15.0. The lowest BCUT2D eigenvalue weighted by Gasteiger charge is -2.11. The Morgan fingerprint density at radius 1 is 1.12 bits per heavy atom. The minimum absolute atomic E-state index is 0.139. The first-order valence-electron chi connectivity index (χ1n) is 7.90. The van der Waals surface area contributed by atoms with Crippen LogP contribution < -0.4 is 4.90 Å². The highest BCUT2D eigenvalue weighted by atomic mass is 32.1. The van der Waals surface area contributed by atoms with Crippen molar-refractivity contribution in [3.8, 4) is 0 Å². The smallest absolute Gasteiger partial charge is 0.239 e. The molecule has 1 fully saturated rings. The molecule has 5 heteroatoms. The second-order valence-corrected chi connectivity index (χ2v) is 7.13. The van der Waals surface area contributed by atoms with Gasteiger partial charge in [-0.1, -0.05) is 53.3 Å². The lowest BCUT2D eigenvalue weighted by molar-refractivity contribution is -0.122. The number of benzene rings is 2. The topological polar surface area (TPSA) is 50.3 Å². The van der Waals surface area contributed by atoms with E-state index in [0.717, 1.165) is 15.8 Å². The molecular formula is C19H16N2O2S. The first-order valence-corrected chi connectivity index (χ1v) is 8.71. The largest absolute Gasteiger partial charge is 0.274 e. The average molecular weight is 336 g/mol. The Morgan fingerprint density at radius 2 is 1.88 bits per heavy atom. The minimum atomic E-state index is -0.299. The number of hydrogen-bond donors (Lipinski definition) is 0. The molecule has 24 heavy (non-hydrogen) atoms. The van der Waals surface area contributed by atoms with Crippen LogP contribution in [0.15, 0.2) is 48.5 Å². The molecule has 2 heterocycles. The van der Waals surface area contributed by atoms with E-state index in [2.05, 4.69) is 4.98 Å². The highest BCUT2D eigenvalue weighted by molar-refractivity contribution is 7.22. The van der Waals surface area contributed by atoms with E-state index in [9.17, 15) is 9.59 Å². The standard InChI is InChI=1S/C19H16N2O2S/c1-12-6-8-13(9-7-12)10-14-11-17(22)21(18(14)23)19-20-15-4-2-3-5-16(15)24-19/h2-9,14H,10-11H2,1H3/t14-/m0/s1. The van der Waals surface area contributed by atoms with Gasteiger partial charge in [0.1, 0.15) is 0 Å². The molecule has 1 aliphatic heterocycles.